The Kier molecular flexibility index (Phi) is 6.45. The van der Waals surface area contributed by atoms with Crippen LogP contribution >= 0.6 is 0 Å². The number of ether oxygens (including phenoxy) is 1. The molecule has 1 aliphatic heterocycles. The molecule has 0 aromatic heterocycles. The summed E-state index contributed by atoms with van der Waals surface area (Å²) < 4.78 is 5.25. The summed E-state index contributed by atoms with van der Waals surface area (Å²) >= 11 is 0. The fraction of sp³-hybridized carbons (Fsp3) is 0.600. The van der Waals surface area contributed by atoms with Gasteiger partial charge in [0.25, 0.3) is 0 Å². The van der Waals surface area contributed by atoms with Crippen molar-refractivity contribution in [3.63, 3.8) is 0 Å². The number of hydrogen-bond donors (Lipinski definition) is 1. The highest BCUT2D eigenvalue weighted by molar-refractivity contribution is 5.94. The van der Waals surface area contributed by atoms with Crippen molar-refractivity contribution in [2.75, 3.05) is 20.2 Å². The maximum atomic E-state index is 12.7. The molecule has 1 heterocycles. The molecule has 0 spiro atoms. The number of carbonyl (C=O) groups excluding carboxylic acids is 2. The van der Waals surface area contributed by atoms with Gasteiger partial charge in [-0.3, -0.25) is 9.59 Å². The van der Waals surface area contributed by atoms with Crippen molar-refractivity contribution >= 4 is 11.8 Å². The maximum absolute atomic E-state index is 12.7. The van der Waals surface area contributed by atoms with Gasteiger partial charge in [0.2, 0.25) is 11.8 Å². The second-order valence-electron chi connectivity index (χ2n) is 7.36. The minimum absolute atomic E-state index is 0.0374. The van der Waals surface area contributed by atoms with Crippen molar-refractivity contribution in [3.8, 4) is 5.75 Å². The summed E-state index contributed by atoms with van der Waals surface area (Å²) in [4.78, 5) is 26.8. The SMILES string of the molecule is COc1cccc(CCN2C(=O)CC[C@]2(C)C(=O)NCCC(C)C)c1. The quantitative estimate of drug-likeness (QED) is 0.787. The predicted octanol–water partition coefficient (Wildman–Crippen LogP) is 2.78. The Bertz CT molecular complexity index is 615. The van der Waals surface area contributed by atoms with Crippen LogP contribution in [0.15, 0.2) is 24.3 Å². The first-order valence-corrected chi connectivity index (χ1v) is 9.08. The molecule has 1 saturated heterocycles. The zero-order valence-corrected chi connectivity index (χ0v) is 15.8. The van der Waals surface area contributed by atoms with Crippen LogP contribution < -0.4 is 10.1 Å². The number of carbonyl (C=O) groups is 2. The molecule has 0 radical (unpaired) electrons. The predicted molar refractivity (Wildman–Crippen MR) is 98.5 cm³/mol. The molecule has 0 bridgehead atoms. The van der Waals surface area contributed by atoms with E-state index in [-0.39, 0.29) is 11.8 Å². The zero-order valence-electron chi connectivity index (χ0n) is 15.8. The van der Waals surface area contributed by atoms with Gasteiger partial charge in [0.15, 0.2) is 0 Å². The van der Waals surface area contributed by atoms with Gasteiger partial charge >= 0.3 is 0 Å². The molecule has 0 unspecified atom stereocenters. The van der Waals surface area contributed by atoms with E-state index in [2.05, 4.69) is 19.2 Å². The zero-order chi connectivity index (χ0) is 18.4. The molecule has 0 aliphatic carbocycles. The summed E-state index contributed by atoms with van der Waals surface area (Å²) in [7, 11) is 1.64. The van der Waals surface area contributed by atoms with Gasteiger partial charge in [-0.05, 0) is 49.8 Å². The van der Waals surface area contributed by atoms with E-state index in [1.54, 1.807) is 12.0 Å². The van der Waals surface area contributed by atoms with Crippen molar-refractivity contribution in [2.24, 2.45) is 5.92 Å². The van der Waals surface area contributed by atoms with Crippen LogP contribution in [0, 0.1) is 5.92 Å². The van der Waals surface area contributed by atoms with Gasteiger partial charge in [0.05, 0.1) is 7.11 Å². The summed E-state index contributed by atoms with van der Waals surface area (Å²) in [6, 6.07) is 7.83. The fourth-order valence-electron chi connectivity index (χ4n) is 3.24. The molecule has 0 saturated carbocycles. The van der Waals surface area contributed by atoms with Gasteiger partial charge in [-0.15, -0.1) is 0 Å². The monoisotopic (exact) mass is 346 g/mol. The summed E-state index contributed by atoms with van der Waals surface area (Å²) in [5, 5.41) is 3.01. The highest BCUT2D eigenvalue weighted by Crippen LogP contribution is 2.30. The first-order chi connectivity index (χ1) is 11.9. The number of benzene rings is 1. The third-order valence-electron chi connectivity index (χ3n) is 4.98. The lowest BCUT2D eigenvalue weighted by Gasteiger charge is -2.34. The number of hydrogen-bond acceptors (Lipinski definition) is 3. The Hall–Kier alpha value is -2.04. The van der Waals surface area contributed by atoms with E-state index in [0.29, 0.717) is 38.3 Å². The van der Waals surface area contributed by atoms with Crippen LogP contribution in [0.25, 0.3) is 0 Å². The van der Waals surface area contributed by atoms with Gasteiger partial charge in [0, 0.05) is 19.5 Å². The molecule has 5 nitrogen and oxygen atoms in total. The molecular weight excluding hydrogens is 316 g/mol. The van der Waals surface area contributed by atoms with Gasteiger partial charge in [0.1, 0.15) is 11.3 Å². The number of methoxy groups -OCH3 is 1. The van der Waals surface area contributed by atoms with Crippen molar-refractivity contribution in [2.45, 2.75) is 52.0 Å². The first kappa shape index (κ1) is 19.3. The third-order valence-corrected chi connectivity index (χ3v) is 4.98. The minimum Gasteiger partial charge on any atom is -0.497 e. The molecular formula is C20H30N2O3. The molecule has 1 aromatic rings. The minimum atomic E-state index is -0.743. The van der Waals surface area contributed by atoms with Gasteiger partial charge in [-0.2, -0.15) is 0 Å². The number of nitrogens with zero attached hydrogens (tertiary/aromatic N) is 1. The second kappa shape index (κ2) is 8.37. The number of nitrogens with one attached hydrogen (secondary N) is 1. The highest BCUT2D eigenvalue weighted by Gasteiger charge is 2.46. The molecule has 1 fully saturated rings. The molecule has 138 valence electrons. The molecule has 25 heavy (non-hydrogen) atoms. The van der Waals surface area contributed by atoms with E-state index < -0.39 is 5.54 Å². The molecule has 2 amide bonds. The van der Waals surface area contributed by atoms with Crippen molar-refractivity contribution in [1.82, 2.24) is 10.2 Å². The Balaban J connectivity index is 2.00. The number of likely N-dealkylation sites (tertiary alicyclic amines) is 1. The maximum Gasteiger partial charge on any atom is 0.245 e. The summed E-state index contributed by atoms with van der Waals surface area (Å²) in [5.41, 5.74) is 0.356. The van der Waals surface area contributed by atoms with Crippen molar-refractivity contribution in [3.05, 3.63) is 29.8 Å². The van der Waals surface area contributed by atoms with E-state index in [1.807, 2.05) is 31.2 Å². The number of rotatable bonds is 8. The Morgan fingerprint density at radius 2 is 2.16 bits per heavy atom. The van der Waals surface area contributed by atoms with Gasteiger partial charge < -0.3 is 15.0 Å². The van der Waals surface area contributed by atoms with Crippen LogP contribution in [-0.2, 0) is 16.0 Å². The molecule has 1 atom stereocenters. The van der Waals surface area contributed by atoms with E-state index >= 15 is 0 Å². The summed E-state index contributed by atoms with van der Waals surface area (Å²) in [6.45, 7) is 7.35. The Morgan fingerprint density at radius 1 is 1.40 bits per heavy atom. The molecule has 1 aromatic carbocycles. The Morgan fingerprint density at radius 3 is 2.84 bits per heavy atom. The van der Waals surface area contributed by atoms with E-state index in [9.17, 15) is 9.59 Å². The lowest BCUT2D eigenvalue weighted by molar-refractivity contribution is -0.140. The smallest absolute Gasteiger partial charge is 0.245 e. The van der Waals surface area contributed by atoms with Crippen molar-refractivity contribution < 1.29 is 14.3 Å². The molecule has 5 heteroatoms. The van der Waals surface area contributed by atoms with E-state index in [1.165, 1.54) is 0 Å². The molecule has 1 aliphatic rings. The molecule has 2 rings (SSSR count). The number of amides is 2. The van der Waals surface area contributed by atoms with Crippen LogP contribution in [-0.4, -0.2) is 42.5 Å². The fourth-order valence-corrected chi connectivity index (χ4v) is 3.24. The van der Waals surface area contributed by atoms with Crippen LogP contribution in [0.5, 0.6) is 5.75 Å². The topological polar surface area (TPSA) is 58.6 Å². The largest absolute Gasteiger partial charge is 0.497 e. The second-order valence-corrected chi connectivity index (χ2v) is 7.36. The molecule has 1 N–H and O–H groups in total. The van der Waals surface area contributed by atoms with Gasteiger partial charge in [-0.1, -0.05) is 26.0 Å². The summed E-state index contributed by atoms with van der Waals surface area (Å²) in [5.74, 6) is 1.37. The van der Waals surface area contributed by atoms with Crippen LogP contribution in [0.3, 0.4) is 0 Å². The van der Waals surface area contributed by atoms with Crippen LogP contribution in [0.4, 0.5) is 0 Å². The lowest BCUT2D eigenvalue weighted by atomic mass is 9.97. The first-order valence-electron chi connectivity index (χ1n) is 9.08. The van der Waals surface area contributed by atoms with Crippen LogP contribution in [0.2, 0.25) is 0 Å². The standard InChI is InChI=1S/C20H30N2O3/c1-15(2)9-12-21-19(24)20(3)11-8-18(23)22(20)13-10-16-6-5-7-17(14-16)25-4/h5-7,14-15H,8-13H2,1-4H3,(H,21,24)/t20-/m1/s1. The van der Waals surface area contributed by atoms with E-state index in [4.69, 9.17) is 4.74 Å². The average molecular weight is 346 g/mol. The average Bonchev–Trinajstić information content (AvgIpc) is 2.88. The van der Waals surface area contributed by atoms with Crippen molar-refractivity contribution in [1.29, 1.82) is 0 Å². The normalized spacial score (nSPS) is 20.2. The third kappa shape index (κ3) is 4.74. The van der Waals surface area contributed by atoms with Gasteiger partial charge in [-0.25, -0.2) is 0 Å². The Labute approximate surface area is 150 Å². The summed E-state index contributed by atoms with van der Waals surface area (Å²) in [6.07, 6.45) is 2.67. The van der Waals surface area contributed by atoms with Crippen LogP contribution in [0.1, 0.15) is 45.6 Å². The van der Waals surface area contributed by atoms with E-state index in [0.717, 1.165) is 17.7 Å². The highest BCUT2D eigenvalue weighted by atomic mass is 16.5. The lowest BCUT2D eigenvalue weighted by Crippen LogP contribution is -2.55.